The predicted molar refractivity (Wildman–Crippen MR) is 119 cm³/mol. The molecule has 1 fully saturated rings. The summed E-state index contributed by atoms with van der Waals surface area (Å²) in [6.07, 6.45) is 23.9. The van der Waals surface area contributed by atoms with Crippen molar-refractivity contribution in [3.63, 3.8) is 0 Å². The second-order valence-corrected chi connectivity index (χ2v) is 24.0. The minimum absolute atomic E-state index is 0.0946. The molecule has 1 rings (SSSR count). The van der Waals surface area contributed by atoms with Crippen molar-refractivity contribution < 1.29 is 4.43 Å². The lowest BCUT2D eigenvalue weighted by molar-refractivity contribution is 0.366. The Hall–Kier alpha value is 0.611. The average molecular weight is 387 g/mol. The van der Waals surface area contributed by atoms with E-state index >= 15 is 0 Å². The zero-order valence-corrected chi connectivity index (χ0v) is 20.8. The minimum atomic E-state index is -0.143. The second-order valence-electron chi connectivity index (χ2n) is 8.15. The van der Waals surface area contributed by atoms with Crippen LogP contribution >= 0.6 is 0 Å². The Kier molecular flexibility index (Phi) is 17.4. The first-order valence-electron chi connectivity index (χ1n) is 11.5. The van der Waals surface area contributed by atoms with Crippen LogP contribution in [0.4, 0.5) is 0 Å². The fourth-order valence-electron chi connectivity index (χ4n) is 4.02. The molecule has 24 heavy (non-hydrogen) atoms. The summed E-state index contributed by atoms with van der Waals surface area (Å²) >= 11 is 0. The third-order valence-corrected chi connectivity index (χ3v) is 25.7. The smallest absolute Gasteiger partial charge is 0.140 e. The van der Waals surface area contributed by atoms with Gasteiger partial charge in [-0.1, -0.05) is 116 Å². The molecule has 4 heteroatoms. The van der Waals surface area contributed by atoms with Gasteiger partial charge in [-0.25, -0.2) is 0 Å². The lowest BCUT2D eigenvalue weighted by Gasteiger charge is -2.19. The van der Waals surface area contributed by atoms with Gasteiger partial charge in [0.2, 0.25) is 0 Å². The van der Waals surface area contributed by atoms with Gasteiger partial charge in [-0.05, 0) is 6.04 Å². The zero-order chi connectivity index (χ0) is 17.1. The van der Waals surface area contributed by atoms with Gasteiger partial charge < -0.3 is 4.43 Å². The fraction of sp³-hybridized carbons (Fsp3) is 1.00. The topological polar surface area (TPSA) is 9.23 Å². The van der Waals surface area contributed by atoms with E-state index in [1.807, 2.05) is 0 Å². The van der Waals surface area contributed by atoms with Crippen molar-refractivity contribution in [3.05, 3.63) is 0 Å². The summed E-state index contributed by atoms with van der Waals surface area (Å²) in [5.74, 6) is 0. The van der Waals surface area contributed by atoms with Crippen molar-refractivity contribution in [1.82, 2.24) is 0 Å². The molecule has 1 unspecified atom stereocenters. The van der Waals surface area contributed by atoms with Crippen LogP contribution in [0.2, 0.25) is 12.1 Å². The van der Waals surface area contributed by atoms with Gasteiger partial charge in [0.1, 0.15) is 9.28 Å². The monoisotopic (exact) mass is 386 g/mol. The standard InChI is InChI=1S/C20H46OSi3/c1-2-3-4-5-6-7-8-9-10-11-12-13-14-15-16-17-19-24-20-18-21-22-23-24/h24H,2-20,22-23H2,1H3. The van der Waals surface area contributed by atoms with Gasteiger partial charge in [0, 0.05) is 23.5 Å². The van der Waals surface area contributed by atoms with Crippen molar-refractivity contribution in [1.29, 1.82) is 0 Å². The van der Waals surface area contributed by atoms with Crippen LogP contribution in [0.3, 0.4) is 0 Å². The zero-order valence-electron chi connectivity index (χ0n) is 16.8. The van der Waals surface area contributed by atoms with Gasteiger partial charge in [-0.15, -0.1) is 0 Å². The quantitative estimate of drug-likeness (QED) is 0.247. The average Bonchev–Trinajstić information content (AvgIpc) is 2.62. The number of unbranched alkanes of at least 4 members (excludes halogenated alkanes) is 15. The van der Waals surface area contributed by atoms with Crippen LogP contribution in [-0.4, -0.2) is 32.8 Å². The summed E-state index contributed by atoms with van der Waals surface area (Å²) in [7, 11) is 0.363. The maximum absolute atomic E-state index is 5.67. The van der Waals surface area contributed by atoms with E-state index in [0.29, 0.717) is 8.55 Å². The molecule has 0 amide bonds. The molecule has 0 aliphatic carbocycles. The highest BCUT2D eigenvalue weighted by Crippen LogP contribution is 2.15. The highest BCUT2D eigenvalue weighted by Gasteiger charge is 2.15. The van der Waals surface area contributed by atoms with E-state index in [4.69, 9.17) is 4.43 Å². The second kappa shape index (κ2) is 18.4. The fourth-order valence-corrected chi connectivity index (χ4v) is 22.4. The molecule has 0 spiro atoms. The summed E-state index contributed by atoms with van der Waals surface area (Å²) in [4.78, 5) is 0. The third kappa shape index (κ3) is 14.9. The van der Waals surface area contributed by atoms with Crippen molar-refractivity contribution in [2.24, 2.45) is 0 Å². The van der Waals surface area contributed by atoms with Gasteiger partial charge in [0.25, 0.3) is 0 Å². The molecule has 1 aliphatic rings. The van der Waals surface area contributed by atoms with Crippen LogP contribution in [0.15, 0.2) is 0 Å². The first kappa shape index (κ1) is 22.7. The van der Waals surface area contributed by atoms with Crippen LogP contribution < -0.4 is 0 Å². The molecule has 1 saturated heterocycles. The third-order valence-electron chi connectivity index (χ3n) is 5.81. The molecule has 0 aromatic rings. The summed E-state index contributed by atoms with van der Waals surface area (Å²) < 4.78 is 5.67. The maximum atomic E-state index is 5.67. The van der Waals surface area contributed by atoms with Gasteiger partial charge in [-0.3, -0.25) is 0 Å². The van der Waals surface area contributed by atoms with Crippen LogP contribution in [0.1, 0.15) is 110 Å². The van der Waals surface area contributed by atoms with Crippen LogP contribution in [0.25, 0.3) is 0 Å². The highest BCUT2D eigenvalue weighted by molar-refractivity contribution is 7.35. The molecule has 144 valence electrons. The molecule has 0 bridgehead atoms. The number of hydrogen-bond donors (Lipinski definition) is 0. The predicted octanol–water partition coefficient (Wildman–Crippen LogP) is 5.17. The van der Waals surface area contributed by atoms with Gasteiger partial charge in [0.15, 0.2) is 0 Å². The van der Waals surface area contributed by atoms with Gasteiger partial charge in [0.05, 0.1) is 0 Å². The Labute approximate surface area is 159 Å². The lowest BCUT2D eigenvalue weighted by atomic mass is 10.0. The Balaban J connectivity index is 1.66. The van der Waals surface area contributed by atoms with Crippen LogP contribution in [0.5, 0.6) is 0 Å². The summed E-state index contributed by atoms with van der Waals surface area (Å²) in [6.45, 7) is 3.48. The first-order valence-corrected chi connectivity index (χ1v) is 21.0. The molecule has 1 nitrogen and oxygen atoms in total. The minimum Gasteiger partial charge on any atom is -0.428 e. The van der Waals surface area contributed by atoms with Crippen molar-refractivity contribution >= 4 is 26.1 Å². The lowest BCUT2D eigenvalue weighted by Crippen LogP contribution is -2.35. The molecule has 1 atom stereocenters. The van der Waals surface area contributed by atoms with Crippen LogP contribution in [0, 0.1) is 0 Å². The molecule has 0 radical (unpaired) electrons. The van der Waals surface area contributed by atoms with E-state index in [1.165, 1.54) is 96.5 Å². The molecule has 1 heterocycles. The number of hydrogen-bond acceptors (Lipinski definition) is 1. The van der Waals surface area contributed by atoms with E-state index in [-0.39, 0.29) is 17.6 Å². The molecule has 0 aromatic heterocycles. The Bertz CT molecular complexity index is 245. The van der Waals surface area contributed by atoms with Crippen molar-refractivity contribution in [2.45, 2.75) is 122 Å². The van der Waals surface area contributed by atoms with E-state index in [0.717, 1.165) is 0 Å². The largest absolute Gasteiger partial charge is 0.428 e. The Morgan fingerprint density at radius 1 is 0.667 bits per heavy atom. The maximum Gasteiger partial charge on any atom is 0.140 e. The van der Waals surface area contributed by atoms with Crippen LogP contribution in [-0.2, 0) is 4.43 Å². The molecule has 0 saturated carbocycles. The van der Waals surface area contributed by atoms with E-state index < -0.39 is 0 Å². The Morgan fingerprint density at radius 2 is 1.12 bits per heavy atom. The van der Waals surface area contributed by atoms with E-state index in [1.54, 1.807) is 24.9 Å². The first-order chi connectivity index (χ1) is 11.9. The van der Waals surface area contributed by atoms with Gasteiger partial charge >= 0.3 is 0 Å². The molecular formula is C20H46OSi3. The summed E-state index contributed by atoms with van der Waals surface area (Å²) in [6, 6.07) is 3.25. The van der Waals surface area contributed by atoms with Gasteiger partial charge in [-0.2, -0.15) is 0 Å². The normalized spacial score (nSPS) is 20.1. The summed E-state index contributed by atoms with van der Waals surface area (Å²) in [5.41, 5.74) is 0. The van der Waals surface area contributed by atoms with E-state index in [9.17, 15) is 0 Å². The SMILES string of the molecule is CCCCCCCCCCCCCCCCCC[SiH]1CCO[SiH2][SiH2]1. The number of rotatable bonds is 17. The van der Waals surface area contributed by atoms with E-state index in [2.05, 4.69) is 6.92 Å². The molecular weight excluding hydrogens is 340 g/mol. The molecule has 0 N–H and O–H groups in total. The molecule has 0 aromatic carbocycles. The van der Waals surface area contributed by atoms with Crippen molar-refractivity contribution in [3.8, 4) is 0 Å². The summed E-state index contributed by atoms with van der Waals surface area (Å²) in [5, 5.41) is 0. The van der Waals surface area contributed by atoms with Crippen molar-refractivity contribution in [2.75, 3.05) is 6.61 Å². The molecule has 1 aliphatic heterocycles. The Morgan fingerprint density at radius 3 is 1.54 bits per heavy atom. The highest BCUT2D eigenvalue weighted by atomic mass is 29.5.